The van der Waals surface area contributed by atoms with E-state index in [1.54, 1.807) is 6.26 Å². The van der Waals surface area contributed by atoms with Crippen LogP contribution in [0.3, 0.4) is 0 Å². The number of halogens is 1. The molecule has 0 amide bonds. The fourth-order valence-electron chi connectivity index (χ4n) is 2.72. The quantitative estimate of drug-likeness (QED) is 0.900. The molecule has 1 aromatic rings. The summed E-state index contributed by atoms with van der Waals surface area (Å²) < 4.78 is 11.9. The summed E-state index contributed by atoms with van der Waals surface area (Å²) in [4.78, 5) is 0. The largest absolute Gasteiger partial charge is 0.465 e. The average Bonchev–Trinajstić information content (AvgIpc) is 2.91. The highest BCUT2D eigenvalue weighted by Crippen LogP contribution is 2.45. The van der Waals surface area contributed by atoms with Crippen molar-refractivity contribution in [1.82, 2.24) is 0 Å². The van der Waals surface area contributed by atoms with Crippen molar-refractivity contribution < 1.29 is 14.3 Å². The lowest BCUT2D eigenvalue weighted by molar-refractivity contribution is 0.0311. The normalized spacial score (nSPS) is 36.0. The molecule has 82 valence electrons. The smallest absolute Gasteiger partial charge is 0.146 e. The summed E-state index contributed by atoms with van der Waals surface area (Å²) in [7, 11) is 0. The van der Waals surface area contributed by atoms with Gasteiger partial charge < -0.3 is 14.3 Å². The van der Waals surface area contributed by atoms with Gasteiger partial charge in [-0.3, -0.25) is 0 Å². The molecule has 3 heterocycles. The Balaban J connectivity index is 1.81. The van der Waals surface area contributed by atoms with Crippen molar-refractivity contribution in [2.24, 2.45) is 5.92 Å². The lowest BCUT2D eigenvalue weighted by Crippen LogP contribution is -2.23. The predicted molar refractivity (Wildman–Crippen MR) is 57.4 cm³/mol. The van der Waals surface area contributed by atoms with Crippen LogP contribution < -0.4 is 0 Å². The van der Waals surface area contributed by atoms with Gasteiger partial charge in [0.25, 0.3) is 0 Å². The molecule has 4 heteroatoms. The first kappa shape index (κ1) is 9.87. The number of fused-ring (bicyclic) bond motifs is 2. The molecule has 2 saturated heterocycles. The fourth-order valence-corrected chi connectivity index (χ4v) is 3.16. The number of rotatable bonds is 2. The Hall–Kier alpha value is -0.320. The van der Waals surface area contributed by atoms with Crippen molar-refractivity contribution in [3.63, 3.8) is 0 Å². The summed E-state index contributed by atoms with van der Waals surface area (Å²) >= 11 is 3.37. The summed E-state index contributed by atoms with van der Waals surface area (Å²) in [5, 5.41) is 10.2. The molecular formula is C11H13BrO3. The third-order valence-electron chi connectivity index (χ3n) is 3.47. The second-order valence-corrected chi connectivity index (χ2v) is 5.21. The van der Waals surface area contributed by atoms with E-state index in [0.717, 1.165) is 23.7 Å². The summed E-state index contributed by atoms with van der Waals surface area (Å²) in [6, 6.07) is 1.81. The Labute approximate surface area is 96.5 Å². The zero-order valence-electron chi connectivity index (χ0n) is 8.23. The van der Waals surface area contributed by atoms with Crippen LogP contribution in [0.25, 0.3) is 0 Å². The molecule has 3 nitrogen and oxygen atoms in total. The van der Waals surface area contributed by atoms with Crippen LogP contribution in [0.1, 0.15) is 31.1 Å². The first-order valence-electron chi connectivity index (χ1n) is 5.32. The van der Waals surface area contributed by atoms with Crippen molar-refractivity contribution in [3.05, 3.63) is 22.6 Å². The third-order valence-corrected chi connectivity index (χ3v) is 4.13. The van der Waals surface area contributed by atoms with Crippen molar-refractivity contribution >= 4 is 15.9 Å². The van der Waals surface area contributed by atoms with Gasteiger partial charge in [-0.25, -0.2) is 0 Å². The molecule has 1 aromatic heterocycles. The van der Waals surface area contributed by atoms with Crippen LogP contribution >= 0.6 is 15.9 Å². The van der Waals surface area contributed by atoms with Gasteiger partial charge in [-0.05, 0) is 41.3 Å². The van der Waals surface area contributed by atoms with Crippen molar-refractivity contribution in [3.8, 4) is 0 Å². The van der Waals surface area contributed by atoms with Gasteiger partial charge in [-0.15, -0.1) is 0 Å². The number of hydrogen-bond donors (Lipinski definition) is 1. The van der Waals surface area contributed by atoms with Gasteiger partial charge in [0, 0.05) is 5.92 Å². The van der Waals surface area contributed by atoms with Crippen molar-refractivity contribution in [1.29, 1.82) is 0 Å². The minimum Gasteiger partial charge on any atom is -0.465 e. The van der Waals surface area contributed by atoms with Crippen LogP contribution in [0.4, 0.5) is 0 Å². The van der Waals surface area contributed by atoms with E-state index in [4.69, 9.17) is 9.15 Å². The number of aliphatic hydroxyl groups is 1. The molecule has 4 unspecified atom stereocenters. The van der Waals surface area contributed by atoms with E-state index in [0.29, 0.717) is 11.9 Å². The Morgan fingerprint density at radius 1 is 1.47 bits per heavy atom. The monoisotopic (exact) mass is 272 g/mol. The van der Waals surface area contributed by atoms with E-state index < -0.39 is 6.10 Å². The maximum atomic E-state index is 10.2. The number of hydrogen-bond acceptors (Lipinski definition) is 3. The Kier molecular flexibility index (Phi) is 2.38. The first-order valence-corrected chi connectivity index (χ1v) is 6.11. The zero-order valence-corrected chi connectivity index (χ0v) is 9.81. The van der Waals surface area contributed by atoms with Crippen molar-refractivity contribution in [2.45, 2.75) is 37.6 Å². The highest BCUT2D eigenvalue weighted by atomic mass is 79.9. The lowest BCUT2D eigenvalue weighted by Gasteiger charge is -2.22. The molecule has 0 saturated carbocycles. The van der Waals surface area contributed by atoms with E-state index in [9.17, 15) is 5.11 Å². The molecule has 0 radical (unpaired) electrons. The summed E-state index contributed by atoms with van der Waals surface area (Å²) in [5.74, 6) is 0.836. The van der Waals surface area contributed by atoms with Crippen LogP contribution in [0.5, 0.6) is 0 Å². The van der Waals surface area contributed by atoms with E-state index in [2.05, 4.69) is 15.9 Å². The van der Waals surface area contributed by atoms with Gasteiger partial charge in [0.05, 0.1) is 22.9 Å². The molecule has 1 N–H and O–H groups in total. The predicted octanol–water partition coefficient (Wildman–Crippen LogP) is 2.64. The van der Waals surface area contributed by atoms with E-state index in [1.807, 2.05) is 6.07 Å². The Bertz CT molecular complexity index is 362. The van der Waals surface area contributed by atoms with Gasteiger partial charge >= 0.3 is 0 Å². The van der Waals surface area contributed by atoms with Crippen LogP contribution in [0.2, 0.25) is 0 Å². The lowest BCUT2D eigenvalue weighted by atomic mass is 9.84. The van der Waals surface area contributed by atoms with Crippen LogP contribution in [-0.2, 0) is 4.74 Å². The molecule has 4 atom stereocenters. The van der Waals surface area contributed by atoms with Gasteiger partial charge in [-0.1, -0.05) is 0 Å². The van der Waals surface area contributed by atoms with Crippen LogP contribution in [0, 0.1) is 5.92 Å². The molecule has 2 bridgehead atoms. The maximum absolute atomic E-state index is 10.2. The topological polar surface area (TPSA) is 42.6 Å². The molecule has 2 aliphatic heterocycles. The first-order chi connectivity index (χ1) is 7.25. The minimum absolute atomic E-state index is 0.200. The van der Waals surface area contributed by atoms with E-state index in [1.165, 1.54) is 0 Å². The van der Waals surface area contributed by atoms with Gasteiger partial charge in [0.2, 0.25) is 0 Å². The van der Waals surface area contributed by atoms with Crippen LogP contribution in [0.15, 0.2) is 21.2 Å². The summed E-state index contributed by atoms with van der Waals surface area (Å²) in [5.41, 5.74) is 0. The molecule has 3 rings (SSSR count). The SMILES string of the molecule is OC(c1occc1Br)C1CC2CCC1O2. The molecule has 0 spiro atoms. The highest BCUT2D eigenvalue weighted by molar-refractivity contribution is 9.10. The van der Waals surface area contributed by atoms with E-state index in [-0.39, 0.29) is 12.0 Å². The minimum atomic E-state index is -0.537. The van der Waals surface area contributed by atoms with E-state index >= 15 is 0 Å². The Morgan fingerprint density at radius 3 is 2.87 bits per heavy atom. The molecule has 15 heavy (non-hydrogen) atoms. The maximum Gasteiger partial charge on any atom is 0.146 e. The molecule has 2 fully saturated rings. The summed E-state index contributed by atoms with van der Waals surface area (Å²) in [6.45, 7) is 0. The summed E-state index contributed by atoms with van der Waals surface area (Å²) in [6.07, 6.45) is 4.82. The standard InChI is InChI=1S/C11H13BrO3/c12-8-3-4-14-11(8)10(13)7-5-6-1-2-9(7)15-6/h3-4,6-7,9-10,13H,1-2,5H2. The van der Waals surface area contributed by atoms with Crippen LogP contribution in [-0.4, -0.2) is 17.3 Å². The molecule has 0 aliphatic carbocycles. The van der Waals surface area contributed by atoms with Gasteiger partial charge in [-0.2, -0.15) is 0 Å². The zero-order chi connectivity index (χ0) is 10.4. The third kappa shape index (κ3) is 1.55. The highest BCUT2D eigenvalue weighted by Gasteiger charge is 2.45. The number of furan rings is 1. The fraction of sp³-hybridized carbons (Fsp3) is 0.636. The second kappa shape index (κ2) is 3.61. The molecule has 2 aliphatic rings. The van der Waals surface area contributed by atoms with Crippen molar-refractivity contribution in [2.75, 3.05) is 0 Å². The molecular weight excluding hydrogens is 260 g/mol. The van der Waals surface area contributed by atoms with Gasteiger partial charge in [0.1, 0.15) is 11.9 Å². The number of ether oxygens (including phenoxy) is 1. The second-order valence-electron chi connectivity index (χ2n) is 4.35. The number of aliphatic hydroxyl groups excluding tert-OH is 1. The molecule has 0 aromatic carbocycles. The van der Waals surface area contributed by atoms with Gasteiger partial charge in [0.15, 0.2) is 0 Å². The Morgan fingerprint density at radius 2 is 2.33 bits per heavy atom. The average molecular weight is 273 g/mol.